The molecule has 0 saturated carbocycles. The third kappa shape index (κ3) is 6.39. The molecule has 2 aliphatic rings. The van der Waals surface area contributed by atoms with Gasteiger partial charge in [-0.1, -0.05) is 60.7 Å². The van der Waals surface area contributed by atoms with Crippen molar-refractivity contribution in [3.8, 4) is 16.9 Å². The SMILES string of the molecule is O=C1[C@H](CC[C@H](O)c2ccc(F)cc2)[C@@H](c2ccc(-c3cccc([C@@H](O)[C@H]4OC(O)[C@H](O)[C@@H](O)[C@@H]4O)c3)cc2O)N1c1ccccc1. The van der Waals surface area contributed by atoms with Crippen molar-refractivity contribution in [2.45, 2.75) is 61.8 Å². The Morgan fingerprint density at radius 3 is 2.17 bits per heavy atom. The molecule has 7 N–H and O–H groups in total. The zero-order valence-corrected chi connectivity index (χ0v) is 25.1. The van der Waals surface area contributed by atoms with Gasteiger partial charge >= 0.3 is 0 Å². The highest BCUT2D eigenvalue weighted by molar-refractivity contribution is 6.03. The van der Waals surface area contributed by atoms with Crippen LogP contribution < -0.4 is 4.90 Å². The smallest absolute Gasteiger partial charge is 0.233 e. The number of para-hydroxylation sites is 1. The van der Waals surface area contributed by atoms with Crippen molar-refractivity contribution in [2.24, 2.45) is 5.92 Å². The minimum absolute atomic E-state index is 0.0674. The first-order chi connectivity index (χ1) is 22.5. The highest BCUT2D eigenvalue weighted by Crippen LogP contribution is 2.49. The van der Waals surface area contributed by atoms with E-state index in [1.54, 1.807) is 47.4 Å². The highest BCUT2D eigenvalue weighted by Gasteiger charge is 2.49. The summed E-state index contributed by atoms with van der Waals surface area (Å²) in [5.41, 5.74) is 3.20. The highest BCUT2D eigenvalue weighted by atomic mass is 19.1. The molecule has 0 aromatic heterocycles. The van der Waals surface area contributed by atoms with Gasteiger partial charge in [0.15, 0.2) is 6.29 Å². The van der Waals surface area contributed by atoms with Crippen molar-refractivity contribution in [1.82, 2.24) is 0 Å². The van der Waals surface area contributed by atoms with Crippen LogP contribution >= 0.6 is 0 Å². The first kappa shape index (κ1) is 32.7. The summed E-state index contributed by atoms with van der Waals surface area (Å²) in [7, 11) is 0. The number of carbonyl (C=O) groups excluding carboxylic acids is 1. The summed E-state index contributed by atoms with van der Waals surface area (Å²) in [5, 5.41) is 73.2. The van der Waals surface area contributed by atoms with Gasteiger partial charge in [-0.15, -0.1) is 0 Å². The summed E-state index contributed by atoms with van der Waals surface area (Å²) in [6.45, 7) is 0. The summed E-state index contributed by atoms with van der Waals surface area (Å²) in [6, 6.07) is 25.8. The molecule has 2 aliphatic heterocycles. The van der Waals surface area contributed by atoms with Crippen molar-refractivity contribution < 1.29 is 49.7 Å². The number of aliphatic hydroxyl groups excluding tert-OH is 6. The van der Waals surface area contributed by atoms with Crippen molar-refractivity contribution in [2.75, 3.05) is 4.90 Å². The Balaban J connectivity index is 1.25. The Labute approximate surface area is 270 Å². The Kier molecular flexibility index (Phi) is 9.40. The van der Waals surface area contributed by atoms with Gasteiger partial charge in [-0.25, -0.2) is 4.39 Å². The van der Waals surface area contributed by atoms with Gasteiger partial charge in [0.1, 0.15) is 42.1 Å². The van der Waals surface area contributed by atoms with Crippen LogP contribution in [0.15, 0.2) is 97.1 Å². The number of benzene rings is 4. The van der Waals surface area contributed by atoms with Crippen LogP contribution in [0.2, 0.25) is 0 Å². The second-order valence-corrected chi connectivity index (χ2v) is 12.0. The molecule has 0 spiro atoms. The quantitative estimate of drug-likeness (QED) is 0.135. The molecule has 2 saturated heterocycles. The molecule has 2 heterocycles. The third-order valence-electron chi connectivity index (χ3n) is 9.10. The lowest BCUT2D eigenvalue weighted by Crippen LogP contribution is -2.58. The maximum atomic E-state index is 13.5. The van der Waals surface area contributed by atoms with E-state index in [2.05, 4.69) is 0 Å². The van der Waals surface area contributed by atoms with E-state index in [0.29, 0.717) is 39.9 Å². The monoisotopic (exact) mass is 645 g/mol. The van der Waals surface area contributed by atoms with Crippen LogP contribution in [0.1, 0.15) is 47.8 Å². The number of phenols is 1. The molecule has 10 nitrogen and oxygen atoms in total. The van der Waals surface area contributed by atoms with E-state index in [4.69, 9.17) is 4.74 Å². The average molecular weight is 646 g/mol. The molecule has 11 heteroatoms. The molecule has 1 amide bonds. The molecule has 1 unspecified atom stereocenters. The van der Waals surface area contributed by atoms with E-state index >= 15 is 0 Å². The molecule has 9 atom stereocenters. The van der Waals surface area contributed by atoms with Crippen molar-refractivity contribution >= 4 is 11.6 Å². The van der Waals surface area contributed by atoms with E-state index in [0.717, 1.165) is 0 Å². The van der Waals surface area contributed by atoms with Gasteiger partial charge in [0.05, 0.1) is 18.1 Å². The molecule has 2 fully saturated rings. The van der Waals surface area contributed by atoms with Crippen molar-refractivity contribution in [3.05, 3.63) is 120 Å². The van der Waals surface area contributed by atoms with E-state index in [9.17, 15) is 44.9 Å². The topological polar surface area (TPSA) is 171 Å². The predicted octanol–water partition coefficient (Wildman–Crippen LogP) is 3.25. The van der Waals surface area contributed by atoms with Crippen LogP contribution in [0.5, 0.6) is 5.75 Å². The van der Waals surface area contributed by atoms with E-state index in [1.807, 2.05) is 30.3 Å². The number of nitrogens with zero attached hydrogens (tertiary/aromatic N) is 1. The number of halogens is 1. The number of carbonyl (C=O) groups is 1. The van der Waals surface area contributed by atoms with Crippen LogP contribution in [0.25, 0.3) is 11.1 Å². The lowest BCUT2D eigenvalue weighted by molar-refractivity contribution is -0.297. The number of aliphatic hydroxyl groups is 6. The number of hydrogen-bond donors (Lipinski definition) is 7. The van der Waals surface area contributed by atoms with Crippen LogP contribution in [-0.4, -0.2) is 72.4 Å². The normalized spacial score (nSPS) is 27.3. The fourth-order valence-corrected chi connectivity index (χ4v) is 6.46. The number of β-lactam (4-membered cyclic amide) rings is 1. The second kappa shape index (κ2) is 13.5. The maximum Gasteiger partial charge on any atom is 0.233 e. The van der Waals surface area contributed by atoms with Gasteiger partial charge in [-0.2, -0.15) is 0 Å². The van der Waals surface area contributed by atoms with Gasteiger partial charge in [-0.05, 0) is 71.5 Å². The lowest BCUT2D eigenvalue weighted by atomic mass is 9.77. The Morgan fingerprint density at radius 2 is 1.47 bits per heavy atom. The van der Waals surface area contributed by atoms with Crippen LogP contribution in [0.4, 0.5) is 10.1 Å². The van der Waals surface area contributed by atoms with Crippen LogP contribution in [0.3, 0.4) is 0 Å². The standard InChI is InChI=1S/C36H36FNO9/c37-23-12-9-19(10-13-23)27(39)16-15-26-29(38(35(26)45)24-7-2-1-3-8-24)25-14-11-21(18-28(25)40)20-5-4-6-22(17-20)30(41)34-32(43)31(42)33(44)36(46)47-34/h1-14,17-18,26-27,29-34,36,39-44,46H,15-16H2/t26-,27+,29-,30-,31+,32+,33-,34-,36?/m1/s1. The fourth-order valence-electron chi connectivity index (χ4n) is 6.46. The summed E-state index contributed by atoms with van der Waals surface area (Å²) < 4.78 is 18.6. The number of anilines is 1. The summed E-state index contributed by atoms with van der Waals surface area (Å²) in [4.78, 5) is 15.1. The summed E-state index contributed by atoms with van der Waals surface area (Å²) in [5.74, 6) is -1.16. The largest absolute Gasteiger partial charge is 0.508 e. The molecule has 6 rings (SSSR count). The van der Waals surface area contributed by atoms with Gasteiger partial charge < -0.3 is 45.4 Å². The fraction of sp³-hybridized carbons (Fsp3) is 0.306. The number of rotatable bonds is 9. The summed E-state index contributed by atoms with van der Waals surface area (Å²) in [6.07, 6.45) is -10.1. The first-order valence-corrected chi connectivity index (χ1v) is 15.4. The number of ether oxygens (including phenoxy) is 1. The molecule has 0 bridgehead atoms. The van der Waals surface area contributed by atoms with Gasteiger partial charge in [0.25, 0.3) is 0 Å². The van der Waals surface area contributed by atoms with Gasteiger partial charge in [0, 0.05) is 11.3 Å². The van der Waals surface area contributed by atoms with E-state index in [-0.39, 0.29) is 18.1 Å². The molecule has 246 valence electrons. The van der Waals surface area contributed by atoms with Gasteiger partial charge in [-0.3, -0.25) is 4.79 Å². The lowest BCUT2D eigenvalue weighted by Gasteiger charge is -2.48. The molecule has 0 aliphatic carbocycles. The van der Waals surface area contributed by atoms with Crippen LogP contribution in [0, 0.1) is 11.7 Å². The number of phenolic OH excluding ortho intramolecular Hbond substituents is 1. The number of aromatic hydroxyl groups is 1. The maximum absolute atomic E-state index is 13.5. The molecule has 47 heavy (non-hydrogen) atoms. The zero-order valence-electron chi connectivity index (χ0n) is 25.1. The average Bonchev–Trinajstić information content (AvgIpc) is 3.08. The van der Waals surface area contributed by atoms with E-state index < -0.39 is 60.7 Å². The third-order valence-corrected chi connectivity index (χ3v) is 9.10. The van der Waals surface area contributed by atoms with Crippen molar-refractivity contribution in [3.63, 3.8) is 0 Å². The Morgan fingerprint density at radius 1 is 0.766 bits per heavy atom. The molecule has 4 aromatic rings. The van der Waals surface area contributed by atoms with Crippen LogP contribution in [-0.2, 0) is 9.53 Å². The van der Waals surface area contributed by atoms with Gasteiger partial charge in [0.2, 0.25) is 5.91 Å². The molecular weight excluding hydrogens is 609 g/mol. The Bertz CT molecular complexity index is 1700. The second-order valence-electron chi connectivity index (χ2n) is 12.0. The first-order valence-electron chi connectivity index (χ1n) is 15.4. The Hall–Kier alpha value is -4.20. The molecule has 4 aromatic carbocycles. The molecule has 0 radical (unpaired) electrons. The summed E-state index contributed by atoms with van der Waals surface area (Å²) >= 11 is 0. The molecular formula is C36H36FNO9. The van der Waals surface area contributed by atoms with E-state index in [1.165, 1.54) is 24.3 Å². The predicted molar refractivity (Wildman–Crippen MR) is 168 cm³/mol. The van der Waals surface area contributed by atoms with Crippen molar-refractivity contribution in [1.29, 1.82) is 0 Å². The number of hydrogen-bond acceptors (Lipinski definition) is 9. The minimum Gasteiger partial charge on any atom is -0.508 e. The minimum atomic E-state index is -1.80. The number of amides is 1. The zero-order chi connectivity index (χ0) is 33.4.